The Morgan fingerprint density at radius 2 is 2.00 bits per heavy atom. The predicted octanol–water partition coefficient (Wildman–Crippen LogP) is 3.14. The maximum Gasteiger partial charge on any atom is 0.193 e. The minimum absolute atomic E-state index is 0.392. The van der Waals surface area contributed by atoms with E-state index in [1.165, 1.54) is 11.3 Å². The molecule has 118 valence electrons. The van der Waals surface area contributed by atoms with E-state index in [0.29, 0.717) is 17.4 Å². The second-order valence-electron chi connectivity index (χ2n) is 5.06. The Kier molecular flexibility index (Phi) is 6.24. The van der Waals surface area contributed by atoms with Crippen molar-refractivity contribution in [3.63, 3.8) is 0 Å². The maximum atomic E-state index is 10.2. The highest BCUT2D eigenvalue weighted by molar-refractivity contribution is 7.16. The first kappa shape index (κ1) is 16.8. The van der Waals surface area contributed by atoms with Gasteiger partial charge in [-0.25, -0.2) is 4.99 Å². The van der Waals surface area contributed by atoms with Crippen LogP contribution in [0.1, 0.15) is 16.5 Å². The summed E-state index contributed by atoms with van der Waals surface area (Å²) in [5, 5.41) is 13.4. The first-order valence-electron chi connectivity index (χ1n) is 6.99. The Morgan fingerprint density at radius 1 is 1.27 bits per heavy atom. The van der Waals surface area contributed by atoms with Crippen LogP contribution in [0.2, 0.25) is 4.34 Å². The standard InChI is InChI=1S/C16H20ClN3OS/c1-20(2)16(18-10-12-6-4-3-5-7-12)19-11-13(21)14-8-9-15(17)22-14/h3-9,13,21H,10-11H2,1-2H3,(H,18,19). The number of rotatable bonds is 5. The highest BCUT2D eigenvalue weighted by Crippen LogP contribution is 2.26. The van der Waals surface area contributed by atoms with Gasteiger partial charge in [0, 0.05) is 25.5 Å². The molecule has 1 heterocycles. The molecular weight excluding hydrogens is 318 g/mol. The third-order valence-electron chi connectivity index (χ3n) is 3.05. The molecule has 1 atom stereocenters. The average Bonchev–Trinajstić information content (AvgIpc) is 2.94. The van der Waals surface area contributed by atoms with E-state index in [0.717, 1.165) is 16.4 Å². The average molecular weight is 338 g/mol. The molecule has 0 bridgehead atoms. The van der Waals surface area contributed by atoms with Crippen molar-refractivity contribution in [1.82, 2.24) is 10.2 Å². The summed E-state index contributed by atoms with van der Waals surface area (Å²) < 4.78 is 0.680. The summed E-state index contributed by atoms with van der Waals surface area (Å²) in [6, 6.07) is 13.7. The zero-order valence-corrected chi connectivity index (χ0v) is 14.2. The third kappa shape index (κ3) is 5.02. The SMILES string of the molecule is CN(C)C(=NCc1ccccc1)NCC(O)c1ccc(Cl)s1. The van der Waals surface area contributed by atoms with E-state index in [4.69, 9.17) is 11.6 Å². The Bertz CT molecular complexity index is 613. The largest absolute Gasteiger partial charge is 0.386 e. The second-order valence-corrected chi connectivity index (χ2v) is 6.81. The van der Waals surface area contributed by atoms with Gasteiger partial charge in [0.1, 0.15) is 6.10 Å². The van der Waals surface area contributed by atoms with Gasteiger partial charge in [-0.05, 0) is 17.7 Å². The van der Waals surface area contributed by atoms with Crippen LogP contribution in [0, 0.1) is 0 Å². The quantitative estimate of drug-likeness (QED) is 0.651. The van der Waals surface area contributed by atoms with Crippen molar-refractivity contribution in [3.8, 4) is 0 Å². The maximum absolute atomic E-state index is 10.2. The van der Waals surface area contributed by atoms with E-state index in [2.05, 4.69) is 10.3 Å². The van der Waals surface area contributed by atoms with Gasteiger partial charge in [0.15, 0.2) is 5.96 Å². The van der Waals surface area contributed by atoms with Crippen molar-refractivity contribution < 1.29 is 5.11 Å². The van der Waals surface area contributed by atoms with Gasteiger partial charge in [0.2, 0.25) is 0 Å². The number of hydrogen-bond donors (Lipinski definition) is 2. The number of aliphatic hydroxyl groups excluding tert-OH is 1. The number of hydrogen-bond acceptors (Lipinski definition) is 3. The van der Waals surface area contributed by atoms with Crippen LogP contribution in [0.25, 0.3) is 0 Å². The minimum Gasteiger partial charge on any atom is -0.386 e. The van der Waals surface area contributed by atoms with Crippen LogP contribution >= 0.6 is 22.9 Å². The molecule has 22 heavy (non-hydrogen) atoms. The topological polar surface area (TPSA) is 47.9 Å². The number of halogens is 1. The molecule has 0 aliphatic heterocycles. The number of guanidine groups is 1. The molecule has 1 aromatic heterocycles. The Balaban J connectivity index is 1.94. The van der Waals surface area contributed by atoms with E-state index >= 15 is 0 Å². The van der Waals surface area contributed by atoms with E-state index in [-0.39, 0.29) is 0 Å². The molecule has 1 aromatic carbocycles. The van der Waals surface area contributed by atoms with Crippen LogP contribution in [0.5, 0.6) is 0 Å². The first-order chi connectivity index (χ1) is 10.6. The lowest BCUT2D eigenvalue weighted by atomic mass is 10.2. The van der Waals surface area contributed by atoms with Crippen LogP contribution in [-0.4, -0.2) is 36.6 Å². The fourth-order valence-electron chi connectivity index (χ4n) is 1.90. The molecule has 0 fully saturated rings. The molecule has 0 amide bonds. The van der Waals surface area contributed by atoms with Crippen molar-refractivity contribution in [3.05, 3.63) is 57.2 Å². The third-order valence-corrected chi connectivity index (χ3v) is 4.39. The monoisotopic (exact) mass is 337 g/mol. The fourth-order valence-corrected chi connectivity index (χ4v) is 2.95. The molecule has 2 rings (SSSR count). The van der Waals surface area contributed by atoms with E-state index < -0.39 is 6.10 Å². The van der Waals surface area contributed by atoms with Gasteiger partial charge in [-0.1, -0.05) is 41.9 Å². The van der Waals surface area contributed by atoms with Gasteiger partial charge in [0.05, 0.1) is 10.9 Å². The molecule has 0 radical (unpaired) electrons. The van der Waals surface area contributed by atoms with Crippen molar-refractivity contribution in [1.29, 1.82) is 0 Å². The number of aliphatic hydroxyl groups is 1. The summed E-state index contributed by atoms with van der Waals surface area (Å²) in [6.45, 7) is 0.991. The lowest BCUT2D eigenvalue weighted by molar-refractivity contribution is 0.184. The van der Waals surface area contributed by atoms with Crippen molar-refractivity contribution in [2.24, 2.45) is 4.99 Å². The zero-order chi connectivity index (χ0) is 15.9. The van der Waals surface area contributed by atoms with Crippen LogP contribution in [0.15, 0.2) is 47.5 Å². The molecule has 2 N–H and O–H groups in total. The van der Waals surface area contributed by atoms with E-state index in [9.17, 15) is 5.11 Å². The normalized spacial score (nSPS) is 13.0. The molecule has 2 aromatic rings. The van der Waals surface area contributed by atoms with Crippen molar-refractivity contribution >= 4 is 28.9 Å². The first-order valence-corrected chi connectivity index (χ1v) is 8.18. The lowest BCUT2D eigenvalue weighted by Crippen LogP contribution is -2.38. The van der Waals surface area contributed by atoms with Crippen molar-refractivity contribution in [2.75, 3.05) is 20.6 Å². The Labute approximate surface area is 140 Å². The Morgan fingerprint density at radius 3 is 2.59 bits per heavy atom. The summed E-state index contributed by atoms with van der Waals surface area (Å²) >= 11 is 7.28. The van der Waals surface area contributed by atoms with Crippen LogP contribution < -0.4 is 5.32 Å². The number of benzene rings is 1. The molecule has 1 unspecified atom stereocenters. The molecule has 0 spiro atoms. The van der Waals surface area contributed by atoms with Crippen molar-refractivity contribution in [2.45, 2.75) is 12.6 Å². The predicted molar refractivity (Wildman–Crippen MR) is 93.6 cm³/mol. The molecule has 4 nitrogen and oxygen atoms in total. The summed E-state index contributed by atoms with van der Waals surface area (Å²) in [4.78, 5) is 7.31. The molecule has 0 aliphatic carbocycles. The summed E-state index contributed by atoms with van der Waals surface area (Å²) in [6.07, 6.45) is -0.598. The number of thiophene rings is 1. The molecule has 0 aliphatic rings. The van der Waals surface area contributed by atoms with Gasteiger partial charge >= 0.3 is 0 Å². The molecule has 0 saturated heterocycles. The van der Waals surface area contributed by atoms with Gasteiger partial charge in [0.25, 0.3) is 0 Å². The smallest absolute Gasteiger partial charge is 0.193 e. The number of aliphatic imine (C=N–C) groups is 1. The van der Waals surface area contributed by atoms with Gasteiger partial charge < -0.3 is 15.3 Å². The second kappa shape index (κ2) is 8.17. The van der Waals surface area contributed by atoms with E-state index in [1.54, 1.807) is 6.07 Å². The number of nitrogens with zero attached hydrogens (tertiary/aromatic N) is 2. The Hall–Kier alpha value is -1.56. The van der Waals surface area contributed by atoms with Gasteiger partial charge in [-0.15, -0.1) is 11.3 Å². The van der Waals surface area contributed by atoms with Crippen LogP contribution in [0.3, 0.4) is 0 Å². The summed E-state index contributed by atoms with van der Waals surface area (Å²) in [5.74, 6) is 0.741. The van der Waals surface area contributed by atoms with E-state index in [1.807, 2.05) is 55.4 Å². The summed E-state index contributed by atoms with van der Waals surface area (Å²) in [7, 11) is 3.84. The van der Waals surface area contributed by atoms with Crippen LogP contribution in [-0.2, 0) is 6.54 Å². The molecule has 6 heteroatoms. The van der Waals surface area contributed by atoms with Gasteiger partial charge in [-0.3, -0.25) is 0 Å². The van der Waals surface area contributed by atoms with Crippen LogP contribution in [0.4, 0.5) is 0 Å². The summed E-state index contributed by atoms with van der Waals surface area (Å²) in [5.41, 5.74) is 1.15. The van der Waals surface area contributed by atoms with Gasteiger partial charge in [-0.2, -0.15) is 0 Å². The number of nitrogens with one attached hydrogen (secondary N) is 1. The zero-order valence-electron chi connectivity index (χ0n) is 12.7. The highest BCUT2D eigenvalue weighted by atomic mass is 35.5. The fraction of sp³-hybridized carbons (Fsp3) is 0.312. The molecular formula is C16H20ClN3OS. The minimum atomic E-state index is -0.598. The highest BCUT2D eigenvalue weighted by Gasteiger charge is 2.11. The molecule has 0 saturated carbocycles. The lowest BCUT2D eigenvalue weighted by Gasteiger charge is -2.19.